The highest BCUT2D eigenvalue weighted by Crippen LogP contribution is 2.19. The summed E-state index contributed by atoms with van der Waals surface area (Å²) in [6.45, 7) is 1.86. The standard InChI is InChI=1S/C17H17N7O2/c1-10-8-9-18-16-22-14(23-24(10)16)15(25)19-11-2-4-12(5-3-11)20-17(26)21-13-6-7-13/h2-5,8-9,13H,6-7H2,1H3,(H,19,25)(H2,20,21,26). The number of urea groups is 1. The number of aryl methyl sites for hydroxylation is 1. The molecular weight excluding hydrogens is 334 g/mol. The van der Waals surface area contributed by atoms with Crippen LogP contribution in [0.25, 0.3) is 5.78 Å². The van der Waals surface area contributed by atoms with Crippen molar-refractivity contribution in [1.29, 1.82) is 0 Å². The molecule has 1 fully saturated rings. The minimum absolute atomic E-state index is 0.0396. The van der Waals surface area contributed by atoms with Gasteiger partial charge in [0.1, 0.15) is 0 Å². The van der Waals surface area contributed by atoms with Crippen molar-refractivity contribution in [2.45, 2.75) is 25.8 Å². The summed E-state index contributed by atoms with van der Waals surface area (Å²) < 4.78 is 1.51. The average molecular weight is 351 g/mol. The summed E-state index contributed by atoms with van der Waals surface area (Å²) in [5, 5.41) is 12.5. The summed E-state index contributed by atoms with van der Waals surface area (Å²) in [4.78, 5) is 32.2. The normalized spacial score (nSPS) is 13.4. The van der Waals surface area contributed by atoms with E-state index in [4.69, 9.17) is 0 Å². The smallest absolute Gasteiger partial charge is 0.319 e. The molecule has 1 aliphatic rings. The largest absolute Gasteiger partial charge is 0.335 e. The van der Waals surface area contributed by atoms with E-state index in [0.717, 1.165) is 18.5 Å². The summed E-state index contributed by atoms with van der Waals surface area (Å²) in [5.41, 5.74) is 2.06. The summed E-state index contributed by atoms with van der Waals surface area (Å²) in [6.07, 6.45) is 3.68. The minimum atomic E-state index is -0.429. The SMILES string of the molecule is Cc1ccnc2nc(C(=O)Nc3ccc(NC(=O)NC4CC4)cc3)nn12. The molecule has 0 saturated heterocycles. The van der Waals surface area contributed by atoms with Crippen molar-refractivity contribution in [1.82, 2.24) is 24.9 Å². The molecule has 9 heteroatoms. The number of anilines is 2. The number of nitrogens with zero attached hydrogens (tertiary/aromatic N) is 4. The summed E-state index contributed by atoms with van der Waals surface area (Å²) >= 11 is 0. The van der Waals surface area contributed by atoms with Gasteiger partial charge in [-0.3, -0.25) is 4.79 Å². The van der Waals surface area contributed by atoms with Gasteiger partial charge in [-0.2, -0.15) is 4.98 Å². The molecule has 4 rings (SSSR count). The van der Waals surface area contributed by atoms with E-state index in [1.807, 2.05) is 6.92 Å². The van der Waals surface area contributed by atoms with Gasteiger partial charge < -0.3 is 16.0 Å². The zero-order valence-electron chi connectivity index (χ0n) is 14.1. The van der Waals surface area contributed by atoms with E-state index in [-0.39, 0.29) is 11.9 Å². The Balaban J connectivity index is 1.41. The van der Waals surface area contributed by atoms with Crippen molar-refractivity contribution in [2.24, 2.45) is 0 Å². The van der Waals surface area contributed by atoms with Gasteiger partial charge >= 0.3 is 6.03 Å². The first-order valence-electron chi connectivity index (χ1n) is 8.26. The van der Waals surface area contributed by atoms with E-state index in [2.05, 4.69) is 31.0 Å². The predicted molar refractivity (Wildman–Crippen MR) is 95.1 cm³/mol. The second-order valence-corrected chi connectivity index (χ2v) is 6.14. The molecule has 9 nitrogen and oxygen atoms in total. The molecule has 1 saturated carbocycles. The third-order valence-corrected chi connectivity index (χ3v) is 3.95. The number of hydrogen-bond donors (Lipinski definition) is 3. The van der Waals surface area contributed by atoms with E-state index < -0.39 is 5.91 Å². The molecule has 3 amide bonds. The molecule has 1 aromatic carbocycles. The quantitative estimate of drug-likeness (QED) is 0.665. The Labute approximate surface area is 148 Å². The van der Waals surface area contributed by atoms with Crippen molar-refractivity contribution in [2.75, 3.05) is 10.6 Å². The first kappa shape index (κ1) is 16.0. The van der Waals surface area contributed by atoms with Crippen molar-refractivity contribution in [3.8, 4) is 0 Å². The molecule has 2 aromatic heterocycles. The number of nitrogens with one attached hydrogen (secondary N) is 3. The van der Waals surface area contributed by atoms with Gasteiger partial charge in [0.25, 0.3) is 11.7 Å². The predicted octanol–water partition coefficient (Wildman–Crippen LogP) is 1.97. The lowest BCUT2D eigenvalue weighted by molar-refractivity contribution is 0.101. The molecule has 0 atom stereocenters. The molecule has 3 N–H and O–H groups in total. The maximum atomic E-state index is 12.3. The minimum Gasteiger partial charge on any atom is -0.335 e. The molecule has 3 aromatic rings. The van der Waals surface area contributed by atoms with Crippen molar-refractivity contribution in [3.05, 3.63) is 48.0 Å². The number of aromatic nitrogens is 4. The topological polar surface area (TPSA) is 113 Å². The van der Waals surface area contributed by atoms with Gasteiger partial charge in [-0.15, -0.1) is 5.10 Å². The van der Waals surface area contributed by atoms with Crippen LogP contribution in [-0.4, -0.2) is 37.6 Å². The zero-order chi connectivity index (χ0) is 18.1. The van der Waals surface area contributed by atoms with Crippen molar-refractivity contribution >= 4 is 29.1 Å². The Morgan fingerprint density at radius 3 is 2.42 bits per heavy atom. The maximum absolute atomic E-state index is 12.3. The Bertz CT molecular complexity index is 976. The Morgan fingerprint density at radius 1 is 1.08 bits per heavy atom. The van der Waals surface area contributed by atoms with Crippen LogP contribution >= 0.6 is 0 Å². The van der Waals surface area contributed by atoms with Gasteiger partial charge in [-0.25, -0.2) is 14.3 Å². The zero-order valence-corrected chi connectivity index (χ0v) is 14.1. The van der Waals surface area contributed by atoms with Gasteiger partial charge in [0.2, 0.25) is 5.82 Å². The Morgan fingerprint density at radius 2 is 1.77 bits per heavy atom. The van der Waals surface area contributed by atoms with E-state index >= 15 is 0 Å². The fraction of sp³-hybridized carbons (Fsp3) is 0.235. The molecular formula is C17H17N7O2. The number of rotatable bonds is 4. The highest BCUT2D eigenvalue weighted by Gasteiger charge is 2.23. The third kappa shape index (κ3) is 3.46. The molecule has 0 unspecified atom stereocenters. The van der Waals surface area contributed by atoms with Gasteiger partial charge in [0, 0.05) is 29.3 Å². The second kappa shape index (κ2) is 6.43. The third-order valence-electron chi connectivity index (χ3n) is 3.95. The molecule has 0 spiro atoms. The van der Waals surface area contributed by atoms with E-state index in [1.54, 1.807) is 36.5 Å². The van der Waals surface area contributed by atoms with Crippen molar-refractivity contribution < 1.29 is 9.59 Å². The molecule has 1 aliphatic carbocycles. The van der Waals surface area contributed by atoms with E-state index in [0.29, 0.717) is 23.2 Å². The van der Waals surface area contributed by atoms with Crippen molar-refractivity contribution in [3.63, 3.8) is 0 Å². The lowest BCUT2D eigenvalue weighted by Crippen LogP contribution is -2.30. The van der Waals surface area contributed by atoms with Crippen LogP contribution in [0.1, 0.15) is 29.2 Å². The summed E-state index contributed by atoms with van der Waals surface area (Å²) in [6, 6.07) is 8.68. The molecule has 26 heavy (non-hydrogen) atoms. The number of hydrogen-bond acceptors (Lipinski definition) is 5. The average Bonchev–Trinajstić information content (AvgIpc) is 3.31. The Kier molecular flexibility index (Phi) is 3.96. The van der Waals surface area contributed by atoms with Gasteiger partial charge in [0.15, 0.2) is 0 Å². The highest BCUT2D eigenvalue weighted by atomic mass is 16.2. The van der Waals surface area contributed by atoms with E-state index in [1.165, 1.54) is 4.52 Å². The van der Waals surface area contributed by atoms with Crippen LogP contribution in [0.2, 0.25) is 0 Å². The first-order chi connectivity index (χ1) is 12.6. The van der Waals surface area contributed by atoms with Crippen LogP contribution in [0.3, 0.4) is 0 Å². The fourth-order valence-electron chi connectivity index (χ4n) is 2.41. The molecule has 2 heterocycles. The fourth-order valence-corrected chi connectivity index (χ4v) is 2.41. The molecule has 0 aliphatic heterocycles. The van der Waals surface area contributed by atoms with Crippen LogP contribution in [0.4, 0.5) is 16.2 Å². The van der Waals surface area contributed by atoms with E-state index in [9.17, 15) is 9.59 Å². The van der Waals surface area contributed by atoms with Gasteiger partial charge in [-0.1, -0.05) is 0 Å². The number of amides is 3. The molecule has 0 bridgehead atoms. The lowest BCUT2D eigenvalue weighted by atomic mass is 10.3. The number of carbonyl (C=O) groups excluding carboxylic acids is 2. The van der Waals surface area contributed by atoms with Crippen LogP contribution in [-0.2, 0) is 0 Å². The summed E-state index contributed by atoms with van der Waals surface area (Å²) in [5.74, 6) is -0.0173. The number of fused-ring (bicyclic) bond motifs is 1. The maximum Gasteiger partial charge on any atom is 0.319 e. The lowest BCUT2D eigenvalue weighted by Gasteiger charge is -2.08. The summed E-state index contributed by atoms with van der Waals surface area (Å²) in [7, 11) is 0. The number of benzene rings is 1. The van der Waals surface area contributed by atoms with Crippen LogP contribution in [0, 0.1) is 6.92 Å². The van der Waals surface area contributed by atoms with Crippen LogP contribution in [0.15, 0.2) is 36.5 Å². The van der Waals surface area contributed by atoms with Crippen LogP contribution < -0.4 is 16.0 Å². The van der Waals surface area contributed by atoms with Crippen LogP contribution in [0.5, 0.6) is 0 Å². The second-order valence-electron chi connectivity index (χ2n) is 6.14. The highest BCUT2D eigenvalue weighted by molar-refractivity contribution is 6.02. The van der Waals surface area contributed by atoms with Gasteiger partial charge in [0.05, 0.1) is 0 Å². The monoisotopic (exact) mass is 351 g/mol. The first-order valence-corrected chi connectivity index (χ1v) is 8.26. The number of carbonyl (C=O) groups is 2. The molecule has 0 radical (unpaired) electrons. The Hall–Kier alpha value is -3.49. The molecule has 132 valence electrons. The van der Waals surface area contributed by atoms with Gasteiger partial charge in [-0.05, 0) is 50.1 Å².